The third-order valence-corrected chi connectivity index (χ3v) is 6.77. The van der Waals surface area contributed by atoms with Gasteiger partial charge in [0.25, 0.3) is 0 Å². The van der Waals surface area contributed by atoms with Crippen molar-refractivity contribution in [2.24, 2.45) is 17.3 Å². The van der Waals surface area contributed by atoms with Crippen molar-refractivity contribution in [3.63, 3.8) is 0 Å². The number of carbonyl (C=O) groups is 2. The molecule has 0 aromatic heterocycles. The Morgan fingerprint density at radius 2 is 2.08 bits per heavy atom. The minimum atomic E-state index is -0.690. The van der Waals surface area contributed by atoms with E-state index in [1.807, 2.05) is 13.0 Å². The summed E-state index contributed by atoms with van der Waals surface area (Å²) in [6.07, 6.45) is 1.24. The Hall–Kier alpha value is -1.88. The molecule has 4 unspecified atom stereocenters. The molecule has 5 nitrogen and oxygen atoms in total. The zero-order chi connectivity index (χ0) is 17.9. The molecular weight excluding hydrogens is 320 g/mol. The van der Waals surface area contributed by atoms with E-state index in [2.05, 4.69) is 0 Å². The van der Waals surface area contributed by atoms with Gasteiger partial charge in [0.1, 0.15) is 5.75 Å². The number of hydrogen-bond acceptors (Lipinski definition) is 5. The van der Waals surface area contributed by atoms with Gasteiger partial charge in [-0.2, -0.15) is 0 Å². The van der Waals surface area contributed by atoms with Crippen molar-refractivity contribution in [3.05, 3.63) is 29.3 Å². The second kappa shape index (κ2) is 5.56. The Bertz CT molecular complexity index is 742. The van der Waals surface area contributed by atoms with E-state index < -0.39 is 23.6 Å². The summed E-state index contributed by atoms with van der Waals surface area (Å²) in [4.78, 5) is 24.0. The van der Waals surface area contributed by atoms with Gasteiger partial charge in [-0.05, 0) is 60.3 Å². The molecular formula is C20H24O5. The van der Waals surface area contributed by atoms with E-state index in [1.54, 1.807) is 12.1 Å². The third-order valence-electron chi connectivity index (χ3n) is 6.77. The average molecular weight is 344 g/mol. The Balaban J connectivity index is 1.72. The maximum atomic E-state index is 12.6. The number of rotatable bonds is 1. The van der Waals surface area contributed by atoms with Gasteiger partial charge in [-0.3, -0.25) is 9.59 Å². The first-order chi connectivity index (χ1) is 11.8. The van der Waals surface area contributed by atoms with Crippen LogP contribution in [0.15, 0.2) is 18.2 Å². The number of aliphatic hydroxyl groups excluding tert-OH is 1. The lowest BCUT2D eigenvalue weighted by atomic mass is 9.54. The van der Waals surface area contributed by atoms with Crippen LogP contribution < -0.4 is 0 Å². The number of benzene rings is 1. The summed E-state index contributed by atoms with van der Waals surface area (Å²) in [7, 11) is 0. The van der Waals surface area contributed by atoms with E-state index >= 15 is 0 Å². The molecule has 1 aromatic carbocycles. The molecule has 25 heavy (non-hydrogen) atoms. The van der Waals surface area contributed by atoms with Crippen LogP contribution in [-0.2, 0) is 20.7 Å². The average Bonchev–Trinajstić information content (AvgIpc) is 2.78. The van der Waals surface area contributed by atoms with Crippen LogP contribution in [0.2, 0.25) is 0 Å². The topological polar surface area (TPSA) is 83.8 Å². The number of Topliss-reactive ketones (excluding diaryl/α,β-unsaturated/α-hetero) is 1. The molecule has 5 heteroatoms. The number of aromatic hydroxyl groups is 1. The summed E-state index contributed by atoms with van der Waals surface area (Å²) in [5, 5.41) is 20.6. The first-order valence-corrected chi connectivity index (χ1v) is 9.01. The van der Waals surface area contributed by atoms with Crippen LogP contribution in [0.4, 0.5) is 0 Å². The minimum Gasteiger partial charge on any atom is -0.508 e. The fourth-order valence-corrected chi connectivity index (χ4v) is 5.71. The van der Waals surface area contributed by atoms with Crippen LogP contribution in [0.5, 0.6) is 5.75 Å². The molecule has 2 N–H and O–H groups in total. The molecule has 0 aliphatic heterocycles. The normalized spacial score (nSPS) is 39.3. The van der Waals surface area contributed by atoms with Crippen molar-refractivity contribution in [2.45, 2.75) is 57.7 Å². The van der Waals surface area contributed by atoms with Crippen molar-refractivity contribution in [3.8, 4) is 5.75 Å². The number of fused-ring (bicyclic) bond motifs is 5. The highest BCUT2D eigenvalue weighted by molar-refractivity contribution is 5.89. The molecule has 3 aliphatic rings. The number of hydrogen-bond donors (Lipinski definition) is 2. The first-order valence-electron chi connectivity index (χ1n) is 9.01. The highest BCUT2D eigenvalue weighted by Gasteiger charge is 2.61. The number of phenolic OH excluding ortho intramolecular Hbond substituents is 1. The van der Waals surface area contributed by atoms with Crippen LogP contribution in [-0.4, -0.2) is 34.2 Å². The van der Waals surface area contributed by atoms with Gasteiger partial charge in [-0.1, -0.05) is 13.0 Å². The molecule has 0 radical (unpaired) electrons. The molecule has 0 heterocycles. The summed E-state index contributed by atoms with van der Waals surface area (Å²) >= 11 is 0. The van der Waals surface area contributed by atoms with E-state index in [0.29, 0.717) is 12.8 Å². The lowest BCUT2D eigenvalue weighted by Gasteiger charge is -2.51. The fourth-order valence-electron chi connectivity index (χ4n) is 5.71. The van der Waals surface area contributed by atoms with E-state index in [-0.39, 0.29) is 29.3 Å². The van der Waals surface area contributed by atoms with Gasteiger partial charge in [0.15, 0.2) is 11.9 Å². The molecule has 1 aromatic rings. The molecule has 3 aliphatic carbocycles. The SMILES string of the molecule is CC(=O)OC1C(=O)CC2C3C(CC[C@]12C)c1ccc(O)cc1C[C@@H]3O. The number of ketones is 1. The van der Waals surface area contributed by atoms with E-state index in [1.165, 1.54) is 12.5 Å². The lowest BCUT2D eigenvalue weighted by Crippen LogP contribution is -2.50. The van der Waals surface area contributed by atoms with Gasteiger partial charge >= 0.3 is 5.97 Å². The van der Waals surface area contributed by atoms with Crippen LogP contribution in [0.3, 0.4) is 0 Å². The summed E-state index contributed by atoms with van der Waals surface area (Å²) in [6.45, 7) is 3.37. The third kappa shape index (κ3) is 2.40. The van der Waals surface area contributed by atoms with Crippen LogP contribution in [0, 0.1) is 17.3 Å². The number of aliphatic hydroxyl groups is 1. The molecule has 0 saturated heterocycles. The van der Waals surface area contributed by atoms with Gasteiger partial charge < -0.3 is 14.9 Å². The minimum absolute atomic E-state index is 0.0136. The summed E-state index contributed by atoms with van der Waals surface area (Å²) in [5.74, 6) is -0.0444. The molecule has 134 valence electrons. The highest BCUT2D eigenvalue weighted by atomic mass is 16.5. The number of ether oxygens (including phenoxy) is 1. The Kier molecular flexibility index (Phi) is 3.69. The second-order valence-corrected chi connectivity index (χ2v) is 8.15. The van der Waals surface area contributed by atoms with Gasteiger partial charge in [-0.15, -0.1) is 0 Å². The van der Waals surface area contributed by atoms with Gasteiger partial charge in [-0.25, -0.2) is 0 Å². The molecule has 2 fully saturated rings. The molecule has 6 atom stereocenters. The maximum Gasteiger partial charge on any atom is 0.303 e. The zero-order valence-electron chi connectivity index (χ0n) is 14.6. The quantitative estimate of drug-likeness (QED) is 0.764. The number of phenols is 1. The predicted molar refractivity (Wildman–Crippen MR) is 90.1 cm³/mol. The van der Waals surface area contributed by atoms with Crippen molar-refractivity contribution in [1.82, 2.24) is 0 Å². The van der Waals surface area contributed by atoms with Gasteiger partial charge in [0.2, 0.25) is 0 Å². The molecule has 4 rings (SSSR count). The Labute approximate surface area is 147 Å². The molecule has 2 saturated carbocycles. The van der Waals surface area contributed by atoms with E-state index in [9.17, 15) is 19.8 Å². The predicted octanol–water partition coefficient (Wildman–Crippen LogP) is 2.33. The van der Waals surface area contributed by atoms with Gasteiger partial charge in [0, 0.05) is 18.8 Å². The van der Waals surface area contributed by atoms with Gasteiger partial charge in [0.05, 0.1) is 6.10 Å². The summed E-state index contributed by atoms with van der Waals surface area (Å²) < 4.78 is 5.39. The molecule has 0 spiro atoms. The van der Waals surface area contributed by atoms with Crippen molar-refractivity contribution in [2.75, 3.05) is 0 Å². The van der Waals surface area contributed by atoms with Crippen LogP contribution in [0.25, 0.3) is 0 Å². The number of carbonyl (C=O) groups excluding carboxylic acids is 2. The first kappa shape index (κ1) is 16.6. The smallest absolute Gasteiger partial charge is 0.303 e. The number of esters is 1. The highest BCUT2D eigenvalue weighted by Crippen LogP contribution is 2.60. The standard InChI is InChI=1S/C20H24O5/c1-10(21)25-19-17(24)9-15-18-14(5-6-20(15,19)2)13-4-3-12(22)7-11(13)8-16(18)23/h3-4,7,14-16,18-19,22-23H,5-6,8-9H2,1-2H3/t14?,15?,16-,18?,19?,20-/m0/s1. The molecule has 0 bridgehead atoms. The fraction of sp³-hybridized carbons (Fsp3) is 0.600. The van der Waals surface area contributed by atoms with Crippen LogP contribution in [0.1, 0.15) is 50.2 Å². The maximum absolute atomic E-state index is 12.6. The molecule has 0 amide bonds. The Morgan fingerprint density at radius 3 is 2.80 bits per heavy atom. The summed E-state index contributed by atoms with van der Waals surface area (Å²) in [6, 6.07) is 5.39. The van der Waals surface area contributed by atoms with Crippen LogP contribution >= 0.6 is 0 Å². The van der Waals surface area contributed by atoms with E-state index in [0.717, 1.165) is 18.4 Å². The lowest BCUT2D eigenvalue weighted by molar-refractivity contribution is -0.160. The van der Waals surface area contributed by atoms with Crippen molar-refractivity contribution in [1.29, 1.82) is 0 Å². The van der Waals surface area contributed by atoms with Crippen molar-refractivity contribution < 1.29 is 24.5 Å². The summed E-state index contributed by atoms with van der Waals surface area (Å²) in [5.41, 5.74) is 1.77. The largest absolute Gasteiger partial charge is 0.508 e. The van der Waals surface area contributed by atoms with Crippen molar-refractivity contribution >= 4 is 11.8 Å². The zero-order valence-corrected chi connectivity index (χ0v) is 14.6. The van der Waals surface area contributed by atoms with E-state index in [4.69, 9.17) is 4.74 Å². The monoisotopic (exact) mass is 344 g/mol. The second-order valence-electron chi connectivity index (χ2n) is 8.15. The Morgan fingerprint density at radius 1 is 1.32 bits per heavy atom.